The minimum Gasteiger partial charge on any atom is -0.312 e. The molecule has 1 rings (SSSR count). The molecule has 0 aromatic heterocycles. The molecule has 0 aromatic carbocycles. The topological polar surface area (TPSA) is 53.0 Å². The summed E-state index contributed by atoms with van der Waals surface area (Å²) < 4.78 is 0. The van der Waals surface area contributed by atoms with Crippen molar-refractivity contribution in [2.24, 2.45) is 11.7 Å². The normalized spacial score (nSPS) is 21.1. The van der Waals surface area contributed by atoms with Gasteiger partial charge in [-0.1, -0.05) is 6.92 Å². The van der Waals surface area contributed by atoms with Crippen LogP contribution in [-0.4, -0.2) is 29.6 Å². The lowest BCUT2D eigenvalue weighted by atomic mass is 9.92. The molecule has 0 radical (unpaired) electrons. The van der Waals surface area contributed by atoms with Crippen LogP contribution < -0.4 is 5.73 Å². The molecular weight excluding hydrogens is 186 g/mol. The van der Waals surface area contributed by atoms with E-state index in [0.717, 1.165) is 19.3 Å². The van der Waals surface area contributed by atoms with Gasteiger partial charge in [0.1, 0.15) is 5.54 Å². The van der Waals surface area contributed by atoms with Gasteiger partial charge in [-0.15, -0.1) is 0 Å². The van der Waals surface area contributed by atoms with Crippen LogP contribution in [0.1, 0.15) is 40.0 Å². The van der Waals surface area contributed by atoms with Crippen LogP contribution in [-0.2, 0) is 0 Å². The maximum atomic E-state index is 9.18. The Balaban J connectivity index is 2.64. The summed E-state index contributed by atoms with van der Waals surface area (Å²) in [7, 11) is 2.06. The van der Waals surface area contributed by atoms with E-state index in [1.165, 1.54) is 0 Å². The summed E-state index contributed by atoms with van der Waals surface area (Å²) in [4.78, 5) is 2.22. The first-order chi connectivity index (χ1) is 6.85. The Kier molecular flexibility index (Phi) is 3.42. The van der Waals surface area contributed by atoms with Gasteiger partial charge in [0.2, 0.25) is 0 Å². The molecule has 1 aliphatic carbocycles. The minimum absolute atomic E-state index is 0.121. The summed E-state index contributed by atoms with van der Waals surface area (Å²) in [6.45, 7) is 7.22. The predicted octanol–water partition coefficient (Wildman–Crippen LogP) is 1.74. The molecule has 1 aliphatic rings. The van der Waals surface area contributed by atoms with E-state index >= 15 is 0 Å². The lowest BCUT2D eigenvalue weighted by Gasteiger charge is -2.39. The molecule has 1 fully saturated rings. The molecule has 0 heterocycles. The minimum atomic E-state index is -0.638. The molecule has 0 amide bonds. The van der Waals surface area contributed by atoms with Crippen molar-refractivity contribution in [2.45, 2.75) is 51.1 Å². The Morgan fingerprint density at radius 2 is 2.00 bits per heavy atom. The fourth-order valence-corrected chi connectivity index (χ4v) is 1.73. The van der Waals surface area contributed by atoms with Gasteiger partial charge < -0.3 is 5.73 Å². The van der Waals surface area contributed by atoms with E-state index < -0.39 is 5.54 Å². The SMILES string of the molecule is CCC(C)(C)N(C)CC(N)(C#N)C1CC1. The van der Waals surface area contributed by atoms with Gasteiger partial charge >= 0.3 is 0 Å². The summed E-state index contributed by atoms with van der Waals surface area (Å²) in [6, 6.07) is 2.30. The lowest BCUT2D eigenvalue weighted by Crippen LogP contribution is -2.55. The van der Waals surface area contributed by atoms with Crippen LogP contribution in [0.4, 0.5) is 0 Å². The van der Waals surface area contributed by atoms with Gasteiger partial charge in [0.25, 0.3) is 0 Å². The zero-order valence-electron chi connectivity index (χ0n) is 10.4. The number of rotatable bonds is 5. The second-order valence-corrected chi connectivity index (χ2v) is 5.45. The predicted molar refractivity (Wildman–Crippen MR) is 62.3 cm³/mol. The van der Waals surface area contributed by atoms with Crippen LogP contribution in [0.25, 0.3) is 0 Å². The van der Waals surface area contributed by atoms with Crippen molar-refractivity contribution in [3.8, 4) is 6.07 Å². The second-order valence-electron chi connectivity index (χ2n) is 5.45. The molecule has 1 atom stereocenters. The fraction of sp³-hybridized carbons (Fsp3) is 0.917. The van der Waals surface area contributed by atoms with Crippen LogP contribution in [0, 0.1) is 17.2 Å². The Bertz CT molecular complexity index is 263. The van der Waals surface area contributed by atoms with Gasteiger partial charge in [-0.25, -0.2) is 0 Å². The van der Waals surface area contributed by atoms with Crippen molar-refractivity contribution in [1.82, 2.24) is 4.90 Å². The monoisotopic (exact) mass is 209 g/mol. The first-order valence-electron chi connectivity index (χ1n) is 5.77. The second kappa shape index (κ2) is 4.11. The van der Waals surface area contributed by atoms with Gasteiger partial charge in [-0.05, 0) is 46.1 Å². The van der Waals surface area contributed by atoms with E-state index in [9.17, 15) is 5.26 Å². The molecule has 0 aromatic rings. The Labute approximate surface area is 93.2 Å². The van der Waals surface area contributed by atoms with Crippen LogP contribution in [0.2, 0.25) is 0 Å². The number of hydrogen-bond acceptors (Lipinski definition) is 3. The maximum absolute atomic E-state index is 9.18. The largest absolute Gasteiger partial charge is 0.312 e. The highest BCUT2D eigenvalue weighted by Gasteiger charge is 2.44. The summed E-state index contributed by atoms with van der Waals surface area (Å²) in [5.41, 5.74) is 5.64. The highest BCUT2D eigenvalue weighted by molar-refractivity contribution is 5.15. The summed E-state index contributed by atoms with van der Waals surface area (Å²) in [6.07, 6.45) is 3.30. The molecular formula is C12H23N3. The Morgan fingerprint density at radius 1 is 1.47 bits per heavy atom. The third kappa shape index (κ3) is 2.70. The number of nitriles is 1. The highest BCUT2D eigenvalue weighted by atomic mass is 15.2. The maximum Gasteiger partial charge on any atom is 0.119 e. The molecule has 0 bridgehead atoms. The molecule has 0 spiro atoms. The highest BCUT2D eigenvalue weighted by Crippen LogP contribution is 2.39. The van der Waals surface area contributed by atoms with Crippen molar-refractivity contribution in [2.75, 3.05) is 13.6 Å². The third-order valence-corrected chi connectivity index (χ3v) is 3.91. The van der Waals surface area contributed by atoms with Crippen molar-refractivity contribution < 1.29 is 0 Å². The van der Waals surface area contributed by atoms with Crippen molar-refractivity contribution >= 4 is 0 Å². The quantitative estimate of drug-likeness (QED) is 0.750. The smallest absolute Gasteiger partial charge is 0.119 e. The average Bonchev–Trinajstić information content (AvgIpc) is 3.00. The molecule has 0 saturated heterocycles. The van der Waals surface area contributed by atoms with Crippen molar-refractivity contribution in [3.05, 3.63) is 0 Å². The van der Waals surface area contributed by atoms with Crippen LogP contribution in [0.5, 0.6) is 0 Å². The Morgan fingerprint density at radius 3 is 2.33 bits per heavy atom. The van der Waals surface area contributed by atoms with Crippen LogP contribution >= 0.6 is 0 Å². The van der Waals surface area contributed by atoms with Crippen LogP contribution in [0.15, 0.2) is 0 Å². The van der Waals surface area contributed by atoms with E-state index in [1.807, 2.05) is 0 Å². The Hall–Kier alpha value is -0.590. The van der Waals surface area contributed by atoms with Crippen molar-refractivity contribution in [3.63, 3.8) is 0 Å². The lowest BCUT2D eigenvalue weighted by molar-refractivity contribution is 0.124. The molecule has 1 saturated carbocycles. The molecule has 15 heavy (non-hydrogen) atoms. The van der Waals surface area contributed by atoms with Crippen molar-refractivity contribution in [1.29, 1.82) is 5.26 Å². The number of hydrogen-bond donors (Lipinski definition) is 1. The first-order valence-corrected chi connectivity index (χ1v) is 5.77. The van der Waals surface area contributed by atoms with Crippen LogP contribution in [0.3, 0.4) is 0 Å². The number of likely N-dealkylation sites (N-methyl/N-ethyl adjacent to an activating group) is 1. The molecule has 86 valence electrons. The number of nitrogens with zero attached hydrogens (tertiary/aromatic N) is 2. The molecule has 0 aliphatic heterocycles. The first kappa shape index (κ1) is 12.5. The molecule has 1 unspecified atom stereocenters. The summed E-state index contributed by atoms with van der Waals surface area (Å²) in [5.74, 6) is 0.414. The summed E-state index contributed by atoms with van der Waals surface area (Å²) >= 11 is 0. The van der Waals surface area contributed by atoms with E-state index in [2.05, 4.69) is 38.8 Å². The number of nitrogens with two attached hydrogens (primary N) is 1. The van der Waals surface area contributed by atoms with Gasteiger partial charge in [0.15, 0.2) is 0 Å². The van der Waals surface area contributed by atoms with Gasteiger partial charge in [0, 0.05) is 12.1 Å². The van der Waals surface area contributed by atoms with Gasteiger partial charge in [0.05, 0.1) is 6.07 Å². The molecule has 3 heteroatoms. The van der Waals surface area contributed by atoms with E-state index in [4.69, 9.17) is 5.73 Å². The standard InChI is InChI=1S/C12H23N3/c1-5-11(2,3)15(4)9-12(14,8-13)10-6-7-10/h10H,5-7,9,14H2,1-4H3. The molecule has 3 nitrogen and oxygen atoms in total. The average molecular weight is 209 g/mol. The molecule has 2 N–H and O–H groups in total. The summed E-state index contributed by atoms with van der Waals surface area (Å²) in [5, 5.41) is 9.18. The van der Waals surface area contributed by atoms with Gasteiger partial charge in [-0.3, -0.25) is 4.90 Å². The van der Waals surface area contributed by atoms with E-state index in [0.29, 0.717) is 12.5 Å². The van der Waals surface area contributed by atoms with E-state index in [-0.39, 0.29) is 5.54 Å². The fourth-order valence-electron chi connectivity index (χ4n) is 1.73. The zero-order valence-corrected chi connectivity index (χ0v) is 10.4. The third-order valence-electron chi connectivity index (χ3n) is 3.91. The van der Waals surface area contributed by atoms with E-state index in [1.54, 1.807) is 0 Å². The zero-order chi connectivity index (χ0) is 11.7. The van der Waals surface area contributed by atoms with Gasteiger partial charge in [-0.2, -0.15) is 5.26 Å².